The van der Waals surface area contributed by atoms with Crippen molar-refractivity contribution in [2.45, 2.75) is 24.0 Å². The van der Waals surface area contributed by atoms with Crippen LogP contribution in [-0.4, -0.2) is 35.1 Å². The molecular formula is C22H20N2O5S2. The van der Waals surface area contributed by atoms with Crippen LogP contribution in [0, 0.1) is 0 Å². The number of hydrogen-bond acceptors (Lipinski definition) is 6. The van der Waals surface area contributed by atoms with Crippen LogP contribution in [0.5, 0.6) is 5.75 Å². The monoisotopic (exact) mass is 456 g/mol. The van der Waals surface area contributed by atoms with E-state index < -0.39 is 16.0 Å². The predicted octanol–water partition coefficient (Wildman–Crippen LogP) is 4.42. The van der Waals surface area contributed by atoms with E-state index in [9.17, 15) is 13.2 Å². The van der Waals surface area contributed by atoms with Crippen molar-refractivity contribution >= 4 is 38.2 Å². The van der Waals surface area contributed by atoms with Crippen LogP contribution in [0.15, 0.2) is 65.1 Å². The summed E-state index contributed by atoms with van der Waals surface area (Å²) < 4.78 is 33.9. The molecular weight excluding hydrogens is 436 g/mol. The molecule has 0 aliphatic rings. The van der Waals surface area contributed by atoms with E-state index in [-0.39, 0.29) is 17.1 Å². The average molecular weight is 457 g/mol. The van der Waals surface area contributed by atoms with E-state index in [4.69, 9.17) is 9.84 Å². The molecule has 4 rings (SSSR count). The second-order valence-corrected chi connectivity index (χ2v) is 9.92. The standard InChI is InChI=1S/C22H20N2O5S2/c1-2-29-16-7-8-19-17(13-16)15(6-10-21(25)26)14-24(19)31(27,28)22-11-9-20(30-22)18-5-3-4-12-23-18/h3-5,7-9,11-14H,2,6,10H2,1H3,(H,25,26). The predicted molar refractivity (Wildman–Crippen MR) is 119 cm³/mol. The number of aromatic nitrogens is 2. The number of hydrogen-bond donors (Lipinski definition) is 1. The number of carboxylic acid groups (broad SMARTS) is 1. The lowest BCUT2D eigenvalue weighted by Gasteiger charge is -2.07. The summed E-state index contributed by atoms with van der Waals surface area (Å²) in [6, 6.07) is 14.0. The van der Waals surface area contributed by atoms with E-state index in [2.05, 4.69) is 4.98 Å². The molecule has 0 fully saturated rings. The number of fused-ring (bicyclic) bond motifs is 1. The van der Waals surface area contributed by atoms with E-state index in [1.165, 1.54) is 10.2 Å². The lowest BCUT2D eigenvalue weighted by Crippen LogP contribution is -2.10. The fraction of sp³-hybridized carbons (Fsp3) is 0.182. The first-order valence-corrected chi connectivity index (χ1v) is 11.9. The summed E-state index contributed by atoms with van der Waals surface area (Å²) in [6.07, 6.45) is 3.29. The molecule has 0 spiro atoms. The van der Waals surface area contributed by atoms with Crippen molar-refractivity contribution in [3.8, 4) is 16.3 Å². The van der Waals surface area contributed by atoms with Crippen LogP contribution >= 0.6 is 11.3 Å². The van der Waals surface area contributed by atoms with Gasteiger partial charge in [-0.1, -0.05) is 6.07 Å². The van der Waals surface area contributed by atoms with Gasteiger partial charge in [0.1, 0.15) is 9.96 Å². The number of ether oxygens (including phenoxy) is 1. The summed E-state index contributed by atoms with van der Waals surface area (Å²) in [6.45, 7) is 2.33. The summed E-state index contributed by atoms with van der Waals surface area (Å²) in [5.74, 6) is -0.335. The van der Waals surface area contributed by atoms with Gasteiger partial charge in [-0.25, -0.2) is 3.97 Å². The highest BCUT2D eigenvalue weighted by Gasteiger charge is 2.24. The Hall–Kier alpha value is -3.17. The van der Waals surface area contributed by atoms with Crippen LogP contribution in [0.4, 0.5) is 0 Å². The molecule has 0 aliphatic carbocycles. The summed E-state index contributed by atoms with van der Waals surface area (Å²) in [5.41, 5.74) is 1.83. The Kier molecular flexibility index (Phi) is 5.79. The third-order valence-electron chi connectivity index (χ3n) is 4.76. The third kappa shape index (κ3) is 4.19. The van der Waals surface area contributed by atoms with Crippen molar-refractivity contribution in [3.63, 3.8) is 0 Å². The Bertz CT molecular complexity index is 1340. The highest BCUT2D eigenvalue weighted by molar-refractivity contribution is 7.92. The zero-order valence-corrected chi connectivity index (χ0v) is 18.3. The van der Waals surface area contributed by atoms with Gasteiger partial charge in [0.2, 0.25) is 0 Å². The van der Waals surface area contributed by atoms with Crippen LogP contribution in [-0.2, 0) is 21.2 Å². The van der Waals surface area contributed by atoms with E-state index in [0.717, 1.165) is 16.2 Å². The van der Waals surface area contributed by atoms with Gasteiger partial charge in [0.15, 0.2) is 0 Å². The van der Waals surface area contributed by atoms with Gasteiger partial charge < -0.3 is 9.84 Å². The fourth-order valence-electron chi connectivity index (χ4n) is 3.34. The maximum atomic E-state index is 13.5. The minimum absolute atomic E-state index is 0.0964. The molecule has 1 aromatic carbocycles. The Balaban J connectivity index is 1.80. The first-order chi connectivity index (χ1) is 14.9. The molecule has 160 valence electrons. The Morgan fingerprint density at radius 3 is 2.74 bits per heavy atom. The Morgan fingerprint density at radius 2 is 2.03 bits per heavy atom. The molecule has 0 amide bonds. The van der Waals surface area contributed by atoms with Gasteiger partial charge in [0.25, 0.3) is 10.0 Å². The number of carboxylic acids is 1. The lowest BCUT2D eigenvalue weighted by atomic mass is 10.1. The fourth-order valence-corrected chi connectivity index (χ4v) is 6.11. The van der Waals surface area contributed by atoms with Crippen molar-refractivity contribution in [2.24, 2.45) is 0 Å². The first-order valence-electron chi connectivity index (χ1n) is 9.65. The molecule has 0 radical (unpaired) electrons. The zero-order chi connectivity index (χ0) is 22.0. The van der Waals surface area contributed by atoms with Crippen LogP contribution < -0.4 is 4.74 Å². The quantitative estimate of drug-likeness (QED) is 0.421. The minimum atomic E-state index is -3.88. The summed E-state index contributed by atoms with van der Waals surface area (Å²) >= 11 is 1.14. The first kappa shape index (κ1) is 21.1. The number of pyridine rings is 1. The smallest absolute Gasteiger partial charge is 0.303 e. The number of aryl methyl sites for hydroxylation is 1. The number of thiophene rings is 1. The molecule has 7 nitrogen and oxygen atoms in total. The van der Waals surface area contributed by atoms with Gasteiger partial charge in [0, 0.05) is 24.2 Å². The van der Waals surface area contributed by atoms with Crippen molar-refractivity contribution in [2.75, 3.05) is 6.61 Å². The maximum absolute atomic E-state index is 13.5. The van der Waals surface area contributed by atoms with Crippen molar-refractivity contribution in [1.82, 2.24) is 8.96 Å². The number of nitrogens with zero attached hydrogens (tertiary/aromatic N) is 2. The minimum Gasteiger partial charge on any atom is -0.494 e. The van der Waals surface area contributed by atoms with E-state index >= 15 is 0 Å². The zero-order valence-electron chi connectivity index (χ0n) is 16.7. The molecule has 0 saturated carbocycles. The summed E-state index contributed by atoms with van der Waals surface area (Å²) in [5, 5.41) is 9.75. The molecule has 3 heterocycles. The van der Waals surface area contributed by atoms with Gasteiger partial charge in [-0.3, -0.25) is 9.78 Å². The van der Waals surface area contributed by atoms with Crippen LogP contribution in [0.2, 0.25) is 0 Å². The number of aliphatic carboxylic acids is 1. The SMILES string of the molecule is CCOc1ccc2c(c1)c(CCC(=O)O)cn2S(=O)(=O)c1ccc(-c2ccccn2)s1. The number of carbonyl (C=O) groups is 1. The summed E-state index contributed by atoms with van der Waals surface area (Å²) in [4.78, 5) is 16.1. The third-order valence-corrected chi connectivity index (χ3v) is 8.00. The van der Waals surface area contributed by atoms with Gasteiger partial charge >= 0.3 is 5.97 Å². The van der Waals surface area contributed by atoms with Gasteiger partial charge in [0.05, 0.1) is 22.7 Å². The van der Waals surface area contributed by atoms with Crippen molar-refractivity contribution in [1.29, 1.82) is 0 Å². The van der Waals surface area contributed by atoms with Crippen LogP contribution in [0.25, 0.3) is 21.5 Å². The topological polar surface area (TPSA) is 98.5 Å². The molecule has 0 bridgehead atoms. The number of rotatable bonds is 8. The number of benzene rings is 1. The van der Waals surface area contributed by atoms with Crippen molar-refractivity contribution in [3.05, 3.63) is 66.5 Å². The largest absolute Gasteiger partial charge is 0.494 e. The molecule has 0 atom stereocenters. The molecule has 1 N–H and O–H groups in total. The van der Waals surface area contributed by atoms with Crippen molar-refractivity contribution < 1.29 is 23.1 Å². The second-order valence-electron chi connectivity index (χ2n) is 6.79. The van der Waals surface area contributed by atoms with Crippen LogP contribution in [0.3, 0.4) is 0 Å². The summed E-state index contributed by atoms with van der Waals surface area (Å²) in [7, 11) is -3.88. The van der Waals surface area contributed by atoms with E-state index in [1.807, 2.05) is 19.1 Å². The maximum Gasteiger partial charge on any atom is 0.303 e. The molecule has 0 unspecified atom stereocenters. The second kappa shape index (κ2) is 8.52. The lowest BCUT2D eigenvalue weighted by molar-refractivity contribution is -0.136. The van der Waals surface area contributed by atoms with Gasteiger partial charge in [-0.15, -0.1) is 11.3 Å². The van der Waals surface area contributed by atoms with E-state index in [1.54, 1.807) is 42.6 Å². The Morgan fingerprint density at radius 1 is 1.19 bits per heavy atom. The molecule has 31 heavy (non-hydrogen) atoms. The molecule has 0 aliphatic heterocycles. The molecule has 3 aromatic heterocycles. The van der Waals surface area contributed by atoms with Gasteiger partial charge in [-0.2, -0.15) is 8.42 Å². The van der Waals surface area contributed by atoms with Crippen LogP contribution in [0.1, 0.15) is 18.9 Å². The van der Waals surface area contributed by atoms with E-state index in [0.29, 0.717) is 34.5 Å². The molecule has 0 saturated heterocycles. The Labute approximate surface area is 183 Å². The normalized spacial score (nSPS) is 11.6. The van der Waals surface area contributed by atoms with Gasteiger partial charge in [-0.05, 0) is 61.4 Å². The average Bonchev–Trinajstić information content (AvgIpc) is 3.39. The highest BCUT2D eigenvalue weighted by atomic mass is 32.2. The molecule has 4 aromatic rings. The highest BCUT2D eigenvalue weighted by Crippen LogP contribution is 2.34. The molecule has 9 heteroatoms.